The third-order valence-electron chi connectivity index (χ3n) is 4.21. The molecule has 0 fully saturated rings. The summed E-state index contributed by atoms with van der Waals surface area (Å²) in [6.07, 6.45) is 0.368. The first kappa shape index (κ1) is 19.9. The number of methoxy groups -OCH3 is 2. The van der Waals surface area contributed by atoms with Gasteiger partial charge >= 0.3 is 5.97 Å². The van der Waals surface area contributed by atoms with Crippen LogP contribution in [0.1, 0.15) is 23.0 Å². The number of carbonyl (C=O) groups excluding carboxylic acids is 1. The Morgan fingerprint density at radius 1 is 1.14 bits per heavy atom. The zero-order valence-corrected chi connectivity index (χ0v) is 16.6. The van der Waals surface area contributed by atoms with E-state index < -0.39 is 22.0 Å². The molecule has 1 heterocycles. The minimum atomic E-state index is -3.94. The van der Waals surface area contributed by atoms with E-state index >= 15 is 0 Å². The molecule has 0 aliphatic carbocycles. The Kier molecular flexibility index (Phi) is 5.71. The average molecular weight is 403 g/mol. The zero-order valence-electron chi connectivity index (χ0n) is 15.8. The van der Waals surface area contributed by atoms with Crippen molar-refractivity contribution >= 4 is 27.0 Å². The van der Waals surface area contributed by atoms with Crippen LogP contribution in [0.4, 0.5) is 0 Å². The Hall–Kier alpha value is -2.84. The summed E-state index contributed by atoms with van der Waals surface area (Å²) in [6.45, 7) is 1.74. The third kappa shape index (κ3) is 4.18. The molecular weight excluding hydrogens is 382 g/mol. The van der Waals surface area contributed by atoms with Crippen molar-refractivity contribution in [1.29, 1.82) is 0 Å². The zero-order chi connectivity index (χ0) is 20.3. The molecule has 1 N–H and O–H groups in total. The lowest BCUT2D eigenvalue weighted by Gasteiger charge is -2.15. The average Bonchev–Trinajstić information content (AvgIpc) is 3.08. The number of para-hydroxylation sites is 1. The van der Waals surface area contributed by atoms with Gasteiger partial charge in [0.05, 0.1) is 19.8 Å². The lowest BCUT2D eigenvalue weighted by Crippen LogP contribution is -2.34. The molecule has 1 atom stereocenters. The SMILES string of the molecule is COC(=O)c1ccc(OC)c(S(=O)(=O)NC(C)Cc2cc3ccccc3o2)c1. The molecule has 0 radical (unpaired) electrons. The quantitative estimate of drug-likeness (QED) is 0.609. The lowest BCUT2D eigenvalue weighted by atomic mass is 10.2. The van der Waals surface area contributed by atoms with Crippen LogP contribution >= 0.6 is 0 Å². The van der Waals surface area contributed by atoms with E-state index in [1.807, 2.05) is 30.3 Å². The van der Waals surface area contributed by atoms with Crippen molar-refractivity contribution in [2.45, 2.75) is 24.3 Å². The second-order valence-corrected chi connectivity index (χ2v) is 8.02. The van der Waals surface area contributed by atoms with E-state index in [-0.39, 0.29) is 16.2 Å². The molecule has 0 saturated carbocycles. The van der Waals surface area contributed by atoms with Gasteiger partial charge in [0.15, 0.2) is 0 Å². The highest BCUT2D eigenvalue weighted by molar-refractivity contribution is 7.89. The Bertz CT molecular complexity index is 1070. The predicted octanol–water partition coefficient (Wildman–Crippen LogP) is 3.14. The summed E-state index contributed by atoms with van der Waals surface area (Å²) in [5.74, 6) is 0.178. The molecule has 2 aromatic carbocycles. The topological polar surface area (TPSA) is 94.8 Å². The van der Waals surface area contributed by atoms with Crippen molar-refractivity contribution in [3.63, 3.8) is 0 Å². The predicted molar refractivity (Wildman–Crippen MR) is 104 cm³/mol. The maximum Gasteiger partial charge on any atom is 0.337 e. The molecule has 8 heteroatoms. The van der Waals surface area contributed by atoms with Crippen molar-refractivity contribution in [1.82, 2.24) is 4.72 Å². The minimum absolute atomic E-state index is 0.119. The van der Waals surface area contributed by atoms with Gasteiger partial charge in [-0.2, -0.15) is 0 Å². The van der Waals surface area contributed by atoms with Gasteiger partial charge < -0.3 is 13.9 Å². The van der Waals surface area contributed by atoms with E-state index in [0.29, 0.717) is 12.2 Å². The second-order valence-electron chi connectivity index (χ2n) is 6.33. The number of nitrogens with one attached hydrogen (secondary N) is 1. The van der Waals surface area contributed by atoms with Gasteiger partial charge in [-0.25, -0.2) is 17.9 Å². The van der Waals surface area contributed by atoms with Crippen LogP contribution < -0.4 is 9.46 Å². The van der Waals surface area contributed by atoms with Crippen molar-refractivity contribution in [3.8, 4) is 5.75 Å². The van der Waals surface area contributed by atoms with Crippen molar-refractivity contribution < 1.29 is 27.1 Å². The summed E-state index contributed by atoms with van der Waals surface area (Å²) in [4.78, 5) is 11.6. The number of fused-ring (bicyclic) bond motifs is 1. The summed E-state index contributed by atoms with van der Waals surface area (Å²) in [6, 6.07) is 13.1. The fraction of sp³-hybridized carbons (Fsp3) is 0.250. The van der Waals surface area contributed by atoms with Crippen LogP contribution in [0.5, 0.6) is 5.75 Å². The molecule has 0 aliphatic rings. The molecule has 1 unspecified atom stereocenters. The Balaban J connectivity index is 1.83. The van der Waals surface area contributed by atoms with Gasteiger partial charge in [-0.1, -0.05) is 18.2 Å². The van der Waals surface area contributed by atoms with E-state index in [1.165, 1.54) is 32.4 Å². The molecule has 0 spiro atoms. The maximum absolute atomic E-state index is 12.9. The molecule has 0 bridgehead atoms. The normalized spacial score (nSPS) is 12.7. The number of furan rings is 1. The minimum Gasteiger partial charge on any atom is -0.495 e. The summed E-state index contributed by atoms with van der Waals surface area (Å²) in [7, 11) is -1.35. The number of ether oxygens (including phenoxy) is 2. The first-order valence-corrected chi connectivity index (χ1v) is 10.1. The van der Waals surface area contributed by atoms with Gasteiger partial charge in [0, 0.05) is 17.8 Å². The molecule has 1 aromatic heterocycles. The molecule has 0 aliphatic heterocycles. The summed E-state index contributed by atoms with van der Waals surface area (Å²) >= 11 is 0. The lowest BCUT2D eigenvalue weighted by molar-refractivity contribution is 0.0600. The Morgan fingerprint density at radius 2 is 1.89 bits per heavy atom. The number of hydrogen-bond donors (Lipinski definition) is 1. The van der Waals surface area contributed by atoms with Gasteiger partial charge in [0.2, 0.25) is 10.0 Å². The fourth-order valence-corrected chi connectivity index (χ4v) is 4.38. The van der Waals surface area contributed by atoms with Crippen LogP contribution in [0.15, 0.2) is 57.8 Å². The van der Waals surface area contributed by atoms with Gasteiger partial charge in [-0.05, 0) is 37.3 Å². The monoisotopic (exact) mass is 403 g/mol. The van der Waals surface area contributed by atoms with Crippen molar-refractivity contribution in [2.75, 3.05) is 14.2 Å². The largest absolute Gasteiger partial charge is 0.495 e. The first-order valence-electron chi connectivity index (χ1n) is 8.60. The van der Waals surface area contributed by atoms with E-state index in [4.69, 9.17) is 9.15 Å². The van der Waals surface area contributed by atoms with E-state index in [9.17, 15) is 13.2 Å². The number of benzene rings is 2. The molecule has 0 saturated heterocycles. The molecule has 3 rings (SSSR count). The van der Waals surface area contributed by atoms with Gasteiger partial charge in [-0.3, -0.25) is 0 Å². The highest BCUT2D eigenvalue weighted by Crippen LogP contribution is 2.26. The second kappa shape index (κ2) is 8.04. The number of carbonyl (C=O) groups is 1. The van der Waals surface area contributed by atoms with Gasteiger partial charge in [0.1, 0.15) is 22.0 Å². The third-order valence-corrected chi connectivity index (χ3v) is 5.83. The standard InChI is InChI=1S/C20H21NO6S/c1-13(10-16-11-14-6-4-5-7-17(14)27-16)21-28(23,24)19-12-15(20(22)26-3)8-9-18(19)25-2/h4-9,11-13,21H,10H2,1-3H3. The van der Waals surface area contributed by atoms with Crippen LogP contribution in [0.3, 0.4) is 0 Å². The number of esters is 1. The van der Waals surface area contributed by atoms with Crippen LogP contribution in [-0.4, -0.2) is 34.6 Å². The molecule has 7 nitrogen and oxygen atoms in total. The number of rotatable bonds is 7. The maximum atomic E-state index is 12.9. The van der Waals surface area contributed by atoms with Crippen LogP contribution in [0.2, 0.25) is 0 Å². The summed E-state index contributed by atoms with van der Waals surface area (Å²) < 4.78 is 43.9. The van der Waals surface area contributed by atoms with Gasteiger partial charge in [0.25, 0.3) is 0 Å². The van der Waals surface area contributed by atoms with Crippen LogP contribution in [0, 0.1) is 0 Å². The highest BCUT2D eigenvalue weighted by atomic mass is 32.2. The van der Waals surface area contributed by atoms with Crippen molar-refractivity contribution in [2.24, 2.45) is 0 Å². The van der Waals surface area contributed by atoms with E-state index in [0.717, 1.165) is 11.0 Å². The Morgan fingerprint density at radius 3 is 2.57 bits per heavy atom. The fourth-order valence-electron chi connectivity index (χ4n) is 2.94. The summed E-state index contributed by atoms with van der Waals surface area (Å²) in [5, 5.41) is 0.958. The van der Waals surface area contributed by atoms with Crippen LogP contribution in [0.25, 0.3) is 11.0 Å². The van der Waals surface area contributed by atoms with Gasteiger partial charge in [-0.15, -0.1) is 0 Å². The van der Waals surface area contributed by atoms with E-state index in [1.54, 1.807) is 6.92 Å². The Labute approximate surface area is 163 Å². The highest BCUT2D eigenvalue weighted by Gasteiger charge is 2.24. The summed E-state index contributed by atoms with van der Waals surface area (Å²) in [5.41, 5.74) is 0.869. The smallest absolute Gasteiger partial charge is 0.337 e. The molecule has 148 valence electrons. The number of sulfonamides is 1. The van der Waals surface area contributed by atoms with E-state index in [2.05, 4.69) is 9.46 Å². The van der Waals surface area contributed by atoms with Crippen LogP contribution in [-0.2, 0) is 21.2 Å². The first-order chi connectivity index (χ1) is 13.3. The molecule has 3 aromatic rings. The van der Waals surface area contributed by atoms with Crippen molar-refractivity contribution in [3.05, 3.63) is 59.9 Å². The number of hydrogen-bond acceptors (Lipinski definition) is 6. The molecule has 28 heavy (non-hydrogen) atoms. The molecular formula is C20H21NO6S. The molecule has 0 amide bonds.